The van der Waals surface area contributed by atoms with Gasteiger partial charge in [0.1, 0.15) is 0 Å². The van der Waals surface area contributed by atoms with Crippen LogP contribution >= 0.6 is 23.8 Å². The van der Waals surface area contributed by atoms with E-state index in [2.05, 4.69) is 36.4 Å². The van der Waals surface area contributed by atoms with Gasteiger partial charge in [0.15, 0.2) is 5.11 Å². The molecule has 1 aromatic heterocycles. The summed E-state index contributed by atoms with van der Waals surface area (Å²) in [6, 6.07) is 6.25. The molecule has 0 amide bonds. The number of nitrogens with zero attached hydrogens (tertiary/aromatic N) is 3. The number of hydrogen-bond donors (Lipinski definition) is 1. The monoisotopic (exact) mass is 336 g/mol. The lowest BCUT2D eigenvalue weighted by Crippen LogP contribution is -2.31. The lowest BCUT2D eigenvalue weighted by atomic mass is 10.1. The van der Waals surface area contributed by atoms with Crippen LogP contribution < -0.4 is 5.32 Å². The summed E-state index contributed by atoms with van der Waals surface area (Å²) in [6.07, 6.45) is 1.68. The fraction of sp³-hybridized carbons (Fsp3) is 0.375. The second kappa shape index (κ2) is 7.11. The standard InChI is InChI=1S/C16H21ClN4S/c1-5-21-15(13(17)9-18-21)10-20(4)16(22)19-14-7-6-11(2)8-12(14)3/h6-9H,5,10H2,1-4H3,(H,19,22). The van der Waals surface area contributed by atoms with Gasteiger partial charge in [-0.2, -0.15) is 5.10 Å². The van der Waals surface area contributed by atoms with Gasteiger partial charge in [-0.05, 0) is 44.6 Å². The molecule has 0 aliphatic heterocycles. The molecule has 1 N–H and O–H groups in total. The summed E-state index contributed by atoms with van der Waals surface area (Å²) < 4.78 is 1.89. The van der Waals surface area contributed by atoms with Gasteiger partial charge in [0.2, 0.25) is 0 Å². The van der Waals surface area contributed by atoms with Crippen LogP contribution in [0.2, 0.25) is 5.02 Å². The van der Waals surface area contributed by atoms with Crippen LogP contribution in [0.3, 0.4) is 0 Å². The molecule has 118 valence electrons. The number of thiocarbonyl (C=S) groups is 1. The highest BCUT2D eigenvalue weighted by Crippen LogP contribution is 2.19. The molecule has 0 unspecified atom stereocenters. The highest BCUT2D eigenvalue weighted by molar-refractivity contribution is 7.80. The molecule has 1 aromatic carbocycles. The van der Waals surface area contributed by atoms with Gasteiger partial charge in [0, 0.05) is 19.3 Å². The lowest BCUT2D eigenvalue weighted by molar-refractivity contribution is 0.471. The molecule has 0 aliphatic rings. The SMILES string of the molecule is CCn1ncc(Cl)c1CN(C)C(=S)Nc1ccc(C)cc1C. The number of rotatable bonds is 4. The quantitative estimate of drug-likeness (QED) is 0.855. The molecule has 0 saturated heterocycles. The summed E-state index contributed by atoms with van der Waals surface area (Å²) in [6.45, 7) is 7.59. The number of nitrogens with one attached hydrogen (secondary N) is 1. The molecule has 22 heavy (non-hydrogen) atoms. The first kappa shape index (κ1) is 16.8. The predicted octanol–water partition coefficient (Wildman–Crippen LogP) is 4.00. The Morgan fingerprint density at radius 3 is 2.77 bits per heavy atom. The van der Waals surface area contributed by atoms with Gasteiger partial charge < -0.3 is 10.2 Å². The van der Waals surface area contributed by atoms with E-state index in [1.165, 1.54) is 11.1 Å². The third-order valence-electron chi connectivity index (χ3n) is 3.55. The first-order valence-corrected chi connectivity index (χ1v) is 8.00. The van der Waals surface area contributed by atoms with Gasteiger partial charge in [-0.25, -0.2) is 0 Å². The molecular weight excluding hydrogens is 316 g/mol. The predicted molar refractivity (Wildman–Crippen MR) is 96.5 cm³/mol. The number of benzene rings is 1. The molecule has 0 bridgehead atoms. The van der Waals surface area contributed by atoms with Crippen molar-refractivity contribution in [1.29, 1.82) is 0 Å². The average molecular weight is 337 g/mol. The maximum absolute atomic E-state index is 6.20. The molecule has 0 aliphatic carbocycles. The van der Waals surface area contributed by atoms with Gasteiger partial charge in [0.05, 0.1) is 23.5 Å². The largest absolute Gasteiger partial charge is 0.346 e. The fourth-order valence-electron chi connectivity index (χ4n) is 2.28. The molecule has 0 fully saturated rings. The summed E-state index contributed by atoms with van der Waals surface area (Å²) in [5, 5.41) is 8.87. The van der Waals surface area contributed by atoms with Gasteiger partial charge in [-0.3, -0.25) is 4.68 Å². The van der Waals surface area contributed by atoms with Gasteiger partial charge >= 0.3 is 0 Å². The molecule has 0 atom stereocenters. The molecule has 0 saturated carbocycles. The zero-order valence-corrected chi connectivity index (χ0v) is 14.9. The zero-order valence-electron chi connectivity index (χ0n) is 13.4. The highest BCUT2D eigenvalue weighted by atomic mass is 35.5. The minimum atomic E-state index is 0.614. The zero-order chi connectivity index (χ0) is 16.3. The Kier molecular flexibility index (Phi) is 5.42. The molecule has 2 rings (SSSR count). The van der Waals surface area contributed by atoms with Crippen molar-refractivity contribution in [1.82, 2.24) is 14.7 Å². The van der Waals surface area contributed by atoms with Crippen LogP contribution in [0.15, 0.2) is 24.4 Å². The molecule has 0 spiro atoms. The number of halogens is 1. The van der Waals surface area contributed by atoms with Gasteiger partial charge in [-0.15, -0.1) is 0 Å². The van der Waals surface area contributed by atoms with E-state index < -0.39 is 0 Å². The Balaban J connectivity index is 2.07. The van der Waals surface area contributed by atoms with E-state index in [0.29, 0.717) is 16.7 Å². The van der Waals surface area contributed by atoms with E-state index in [4.69, 9.17) is 23.8 Å². The van der Waals surface area contributed by atoms with Crippen molar-refractivity contribution in [3.8, 4) is 0 Å². The third-order valence-corrected chi connectivity index (χ3v) is 4.28. The number of hydrogen-bond acceptors (Lipinski definition) is 2. The minimum absolute atomic E-state index is 0.614. The Morgan fingerprint density at radius 1 is 1.41 bits per heavy atom. The van der Waals surface area contributed by atoms with Crippen LogP contribution in [0.25, 0.3) is 0 Å². The molecule has 6 heteroatoms. The van der Waals surface area contributed by atoms with Crippen LogP contribution in [0.1, 0.15) is 23.7 Å². The van der Waals surface area contributed by atoms with Gasteiger partial charge in [0.25, 0.3) is 0 Å². The third kappa shape index (κ3) is 3.78. The number of aromatic nitrogens is 2. The fourth-order valence-corrected chi connectivity index (χ4v) is 2.65. The van der Waals surface area contributed by atoms with Crippen molar-refractivity contribution in [3.05, 3.63) is 46.2 Å². The topological polar surface area (TPSA) is 33.1 Å². The van der Waals surface area contributed by atoms with Crippen molar-refractivity contribution in [2.45, 2.75) is 33.9 Å². The van der Waals surface area contributed by atoms with Gasteiger partial charge in [-0.1, -0.05) is 29.3 Å². The van der Waals surface area contributed by atoms with E-state index >= 15 is 0 Å². The Labute approximate surface area is 142 Å². The summed E-state index contributed by atoms with van der Waals surface area (Å²) >= 11 is 11.7. The molecular formula is C16H21ClN4S. The first-order valence-electron chi connectivity index (χ1n) is 7.22. The van der Waals surface area contributed by atoms with Crippen molar-refractivity contribution in [2.24, 2.45) is 0 Å². The van der Waals surface area contributed by atoms with Crippen molar-refractivity contribution in [3.63, 3.8) is 0 Å². The van der Waals surface area contributed by atoms with E-state index in [1.54, 1.807) is 6.20 Å². The van der Waals surface area contributed by atoms with Crippen LogP contribution in [0.4, 0.5) is 5.69 Å². The second-order valence-corrected chi connectivity index (χ2v) is 6.15. The van der Waals surface area contributed by atoms with E-state index in [1.807, 2.05) is 29.6 Å². The molecule has 4 nitrogen and oxygen atoms in total. The van der Waals surface area contributed by atoms with Crippen molar-refractivity contribution >= 4 is 34.6 Å². The Morgan fingerprint density at radius 2 is 2.14 bits per heavy atom. The summed E-state index contributed by atoms with van der Waals surface area (Å²) in [5.74, 6) is 0. The average Bonchev–Trinajstić information content (AvgIpc) is 2.82. The minimum Gasteiger partial charge on any atom is -0.346 e. The smallest absolute Gasteiger partial charge is 0.173 e. The van der Waals surface area contributed by atoms with E-state index in [0.717, 1.165) is 17.9 Å². The second-order valence-electron chi connectivity index (χ2n) is 5.36. The normalized spacial score (nSPS) is 10.6. The maximum atomic E-state index is 6.20. The number of anilines is 1. The Hall–Kier alpha value is -1.59. The summed E-state index contributed by atoms with van der Waals surface area (Å²) in [5.41, 5.74) is 4.40. The first-order chi connectivity index (χ1) is 10.4. The van der Waals surface area contributed by atoms with E-state index in [-0.39, 0.29) is 0 Å². The molecule has 2 aromatic rings. The van der Waals surface area contributed by atoms with Crippen molar-refractivity contribution in [2.75, 3.05) is 12.4 Å². The highest BCUT2D eigenvalue weighted by Gasteiger charge is 2.13. The number of aryl methyl sites for hydroxylation is 3. The summed E-state index contributed by atoms with van der Waals surface area (Å²) in [4.78, 5) is 1.96. The molecule has 0 radical (unpaired) electrons. The molecule has 1 heterocycles. The maximum Gasteiger partial charge on any atom is 0.173 e. The van der Waals surface area contributed by atoms with Crippen LogP contribution in [-0.2, 0) is 13.1 Å². The lowest BCUT2D eigenvalue weighted by Gasteiger charge is -2.22. The van der Waals surface area contributed by atoms with Crippen LogP contribution in [0, 0.1) is 13.8 Å². The van der Waals surface area contributed by atoms with Crippen LogP contribution in [0.5, 0.6) is 0 Å². The Bertz CT molecular complexity index is 681. The van der Waals surface area contributed by atoms with E-state index in [9.17, 15) is 0 Å². The van der Waals surface area contributed by atoms with Crippen LogP contribution in [-0.4, -0.2) is 26.8 Å². The summed E-state index contributed by atoms with van der Waals surface area (Å²) in [7, 11) is 1.95. The van der Waals surface area contributed by atoms with Crippen molar-refractivity contribution < 1.29 is 0 Å².